The summed E-state index contributed by atoms with van der Waals surface area (Å²) in [6, 6.07) is 0.0899. The SMILES string of the molecule is COc1cc(C(O)(C(F)(F)F)C(F)(F)F)ncc1-c1sc(C(=O)NCC(C)(C)O)nc1C(=O)N1CCC[C@@H]1C. The Labute approximate surface area is 222 Å². The molecular formula is C23H26F6N4O5S. The largest absolute Gasteiger partial charge is 0.496 e. The highest BCUT2D eigenvalue weighted by molar-refractivity contribution is 7.17. The predicted octanol–water partition coefficient (Wildman–Crippen LogP) is 3.65. The fourth-order valence-corrected chi connectivity index (χ4v) is 4.90. The molecule has 2 amide bonds. The van der Waals surface area contributed by atoms with E-state index in [1.54, 1.807) is 6.92 Å². The first-order chi connectivity index (χ1) is 17.8. The zero-order chi connectivity index (χ0) is 29.6. The van der Waals surface area contributed by atoms with Gasteiger partial charge in [-0.25, -0.2) is 4.98 Å². The highest BCUT2D eigenvalue weighted by atomic mass is 32.1. The average Bonchev–Trinajstić information content (AvgIpc) is 3.46. The number of rotatable bonds is 7. The van der Waals surface area contributed by atoms with Crippen LogP contribution in [-0.2, 0) is 5.60 Å². The normalized spacial score (nSPS) is 16.9. The molecule has 9 nitrogen and oxygen atoms in total. The summed E-state index contributed by atoms with van der Waals surface area (Å²) < 4.78 is 85.5. The van der Waals surface area contributed by atoms with Gasteiger partial charge in [-0.2, -0.15) is 26.3 Å². The molecule has 0 spiro atoms. The summed E-state index contributed by atoms with van der Waals surface area (Å²) in [6.07, 6.45) is -10.4. The number of hydrogen-bond acceptors (Lipinski definition) is 8. The zero-order valence-corrected chi connectivity index (χ0v) is 22.0. The number of amides is 2. The monoisotopic (exact) mass is 584 g/mol. The van der Waals surface area contributed by atoms with E-state index in [-0.39, 0.29) is 39.8 Å². The molecule has 16 heteroatoms. The first kappa shape index (κ1) is 30.6. The zero-order valence-electron chi connectivity index (χ0n) is 21.2. The molecular weight excluding hydrogens is 558 g/mol. The Hall–Kier alpha value is -2.98. The Morgan fingerprint density at radius 1 is 1.18 bits per heavy atom. The molecule has 0 aliphatic carbocycles. The second kappa shape index (κ2) is 10.5. The topological polar surface area (TPSA) is 125 Å². The van der Waals surface area contributed by atoms with E-state index in [9.17, 15) is 46.1 Å². The maximum absolute atomic E-state index is 13.4. The second-order valence-electron chi connectivity index (χ2n) is 9.66. The summed E-state index contributed by atoms with van der Waals surface area (Å²) in [6.45, 7) is 4.85. The molecule has 216 valence electrons. The van der Waals surface area contributed by atoms with Gasteiger partial charge in [0.25, 0.3) is 17.4 Å². The molecule has 0 saturated carbocycles. The minimum Gasteiger partial charge on any atom is -0.496 e. The first-order valence-corrected chi connectivity index (χ1v) is 12.4. The highest BCUT2D eigenvalue weighted by Crippen LogP contribution is 2.50. The molecule has 39 heavy (non-hydrogen) atoms. The van der Waals surface area contributed by atoms with E-state index >= 15 is 0 Å². The van der Waals surface area contributed by atoms with E-state index in [1.165, 1.54) is 18.7 Å². The number of methoxy groups -OCH3 is 1. The number of aromatic nitrogens is 2. The average molecular weight is 585 g/mol. The van der Waals surface area contributed by atoms with Crippen LogP contribution in [0.2, 0.25) is 0 Å². The van der Waals surface area contributed by atoms with Crippen LogP contribution in [0, 0.1) is 0 Å². The van der Waals surface area contributed by atoms with Gasteiger partial charge in [-0.3, -0.25) is 14.6 Å². The Bertz CT molecular complexity index is 1230. The summed E-state index contributed by atoms with van der Waals surface area (Å²) in [5.41, 5.74) is -8.88. The van der Waals surface area contributed by atoms with E-state index in [0.717, 1.165) is 7.11 Å². The molecule has 1 atom stereocenters. The van der Waals surface area contributed by atoms with E-state index in [0.29, 0.717) is 36.9 Å². The maximum atomic E-state index is 13.4. The van der Waals surface area contributed by atoms with Gasteiger partial charge in [-0.05, 0) is 33.6 Å². The van der Waals surface area contributed by atoms with Crippen molar-refractivity contribution in [2.75, 3.05) is 20.2 Å². The van der Waals surface area contributed by atoms with Gasteiger partial charge in [-0.15, -0.1) is 11.3 Å². The third kappa shape index (κ3) is 5.96. The summed E-state index contributed by atoms with van der Waals surface area (Å²) in [7, 11) is 0.963. The lowest BCUT2D eigenvalue weighted by atomic mass is 9.96. The van der Waals surface area contributed by atoms with Gasteiger partial charge >= 0.3 is 12.4 Å². The Morgan fingerprint density at radius 3 is 2.28 bits per heavy atom. The number of alkyl halides is 6. The number of nitrogens with one attached hydrogen (secondary N) is 1. The lowest BCUT2D eigenvalue weighted by Crippen LogP contribution is -2.54. The van der Waals surface area contributed by atoms with E-state index in [1.807, 2.05) is 0 Å². The molecule has 1 fully saturated rings. The number of pyridine rings is 1. The van der Waals surface area contributed by atoms with Crippen molar-refractivity contribution in [3.05, 3.63) is 28.7 Å². The smallest absolute Gasteiger partial charge is 0.432 e. The van der Waals surface area contributed by atoms with Crippen LogP contribution < -0.4 is 10.1 Å². The lowest BCUT2D eigenvalue weighted by Gasteiger charge is -2.31. The lowest BCUT2D eigenvalue weighted by molar-refractivity contribution is -0.377. The molecule has 0 unspecified atom stereocenters. The maximum Gasteiger partial charge on any atom is 0.432 e. The molecule has 1 saturated heterocycles. The molecule has 0 radical (unpaired) electrons. The quantitative estimate of drug-likeness (QED) is 0.425. The second-order valence-corrected chi connectivity index (χ2v) is 10.7. The Balaban J connectivity index is 2.17. The first-order valence-electron chi connectivity index (χ1n) is 11.5. The third-order valence-corrected chi connectivity index (χ3v) is 7.13. The van der Waals surface area contributed by atoms with Crippen LogP contribution in [-0.4, -0.2) is 81.1 Å². The van der Waals surface area contributed by atoms with Crippen LogP contribution in [0.5, 0.6) is 5.75 Å². The van der Waals surface area contributed by atoms with Crippen LogP contribution in [0.15, 0.2) is 12.3 Å². The Morgan fingerprint density at radius 2 is 1.79 bits per heavy atom. The molecule has 0 aromatic carbocycles. The molecule has 3 rings (SSSR count). The number of likely N-dealkylation sites (tertiary alicyclic amines) is 1. The summed E-state index contributed by atoms with van der Waals surface area (Å²) in [4.78, 5) is 34.9. The van der Waals surface area contributed by atoms with Crippen molar-refractivity contribution >= 4 is 23.2 Å². The predicted molar refractivity (Wildman–Crippen MR) is 126 cm³/mol. The summed E-state index contributed by atoms with van der Waals surface area (Å²) in [5, 5.41) is 21.8. The van der Waals surface area contributed by atoms with Gasteiger partial charge in [-0.1, -0.05) is 0 Å². The minimum atomic E-state index is -6.17. The van der Waals surface area contributed by atoms with Crippen molar-refractivity contribution in [2.45, 2.75) is 63.2 Å². The van der Waals surface area contributed by atoms with Crippen molar-refractivity contribution in [1.29, 1.82) is 0 Å². The number of hydrogen-bond donors (Lipinski definition) is 3. The number of halogens is 6. The Kier molecular flexibility index (Phi) is 8.26. The van der Waals surface area contributed by atoms with E-state index in [4.69, 9.17) is 4.74 Å². The molecule has 0 bridgehead atoms. The van der Waals surface area contributed by atoms with Crippen molar-refractivity contribution < 1.29 is 50.9 Å². The standard InChI is InChI=1S/C23H26F6N4O5S/c1-11-6-5-7-33(11)19(35)15-16(39-18(32-15)17(34)31-10-20(2,3)36)12-9-30-14(8-13(12)38-4)21(37,22(24,25)26)23(27,28)29/h8-9,11,36-37H,5-7,10H2,1-4H3,(H,31,34)/t11-/m0/s1. The van der Waals surface area contributed by atoms with E-state index < -0.39 is 46.8 Å². The van der Waals surface area contributed by atoms with Gasteiger partial charge in [0, 0.05) is 31.4 Å². The third-order valence-electron chi connectivity index (χ3n) is 6.04. The van der Waals surface area contributed by atoms with Gasteiger partial charge in [0.2, 0.25) is 0 Å². The van der Waals surface area contributed by atoms with Crippen molar-refractivity contribution in [3.63, 3.8) is 0 Å². The van der Waals surface area contributed by atoms with Gasteiger partial charge < -0.3 is 25.2 Å². The van der Waals surface area contributed by atoms with Crippen LogP contribution >= 0.6 is 11.3 Å². The number of aliphatic hydroxyl groups is 2. The molecule has 2 aromatic rings. The number of carbonyl (C=O) groups is 2. The van der Waals surface area contributed by atoms with Crippen LogP contribution in [0.25, 0.3) is 10.4 Å². The van der Waals surface area contributed by atoms with Gasteiger partial charge in [0.15, 0.2) is 5.01 Å². The molecule has 3 heterocycles. The number of ether oxygens (including phenoxy) is 1. The van der Waals surface area contributed by atoms with Crippen molar-refractivity contribution in [2.24, 2.45) is 0 Å². The van der Waals surface area contributed by atoms with Crippen molar-refractivity contribution in [1.82, 2.24) is 20.2 Å². The number of carbonyl (C=O) groups excluding carboxylic acids is 2. The van der Waals surface area contributed by atoms with Crippen LogP contribution in [0.3, 0.4) is 0 Å². The molecule has 1 aliphatic rings. The number of thiazole rings is 1. The molecule has 2 aromatic heterocycles. The van der Waals surface area contributed by atoms with Crippen LogP contribution in [0.1, 0.15) is 59.6 Å². The van der Waals surface area contributed by atoms with Crippen LogP contribution in [0.4, 0.5) is 26.3 Å². The number of nitrogens with zero attached hydrogens (tertiary/aromatic N) is 3. The van der Waals surface area contributed by atoms with Gasteiger partial charge in [0.1, 0.15) is 11.4 Å². The molecule has 1 aliphatic heterocycles. The van der Waals surface area contributed by atoms with Crippen molar-refractivity contribution in [3.8, 4) is 16.2 Å². The molecule has 3 N–H and O–H groups in total. The fraction of sp³-hybridized carbons (Fsp3) is 0.565. The summed E-state index contributed by atoms with van der Waals surface area (Å²) in [5.74, 6) is -1.97. The van der Waals surface area contributed by atoms with Gasteiger partial charge in [0.05, 0.1) is 28.8 Å². The van der Waals surface area contributed by atoms with E-state index in [2.05, 4.69) is 15.3 Å². The fourth-order valence-electron chi connectivity index (χ4n) is 3.91. The highest BCUT2D eigenvalue weighted by Gasteiger charge is 2.72. The minimum absolute atomic E-state index is 0.0917. The summed E-state index contributed by atoms with van der Waals surface area (Å²) >= 11 is 0.634.